The van der Waals surface area contributed by atoms with Crippen molar-refractivity contribution >= 4 is 23.0 Å². The fourth-order valence-electron chi connectivity index (χ4n) is 10.5. The van der Waals surface area contributed by atoms with Gasteiger partial charge in [0.25, 0.3) is 0 Å². The minimum absolute atomic E-state index is 0.00385. The summed E-state index contributed by atoms with van der Waals surface area (Å²) in [7, 11) is 0. The van der Waals surface area contributed by atoms with Crippen LogP contribution in [0.4, 0.5) is 0 Å². The predicted molar refractivity (Wildman–Crippen MR) is 266 cm³/mol. The molecule has 0 amide bonds. The highest BCUT2D eigenvalue weighted by Gasteiger charge is 2.42. The lowest BCUT2D eigenvalue weighted by Crippen LogP contribution is -2.25. The summed E-state index contributed by atoms with van der Waals surface area (Å²) >= 11 is 1.88. The fourth-order valence-corrected chi connectivity index (χ4v) is 11.4. The van der Waals surface area contributed by atoms with E-state index in [0.717, 1.165) is 0 Å². The van der Waals surface area contributed by atoms with Crippen molar-refractivity contribution in [1.82, 2.24) is 0 Å². The monoisotopic (exact) mass is 814 g/mol. The van der Waals surface area contributed by atoms with Crippen LogP contribution in [-0.2, 0) is 5.41 Å². The van der Waals surface area contributed by atoms with Crippen molar-refractivity contribution in [2.24, 2.45) is 0 Å². The summed E-state index contributed by atoms with van der Waals surface area (Å²) in [5, 5.41) is 0. The SMILES string of the molecule is CCCCCCCCC1(CCCCCCCC)c2cc(-c3ccccc3)ccc2-c2ccc(-c3ccc4c(c3)/C(=C\c3ccc(C)s3)c3cc(-c5ccccc5)ccc3-4)cc21. The molecule has 0 spiro atoms. The van der Waals surface area contributed by atoms with E-state index in [9.17, 15) is 0 Å². The molecule has 0 atom stereocenters. The van der Waals surface area contributed by atoms with Crippen molar-refractivity contribution in [1.29, 1.82) is 0 Å². The molecule has 308 valence electrons. The van der Waals surface area contributed by atoms with Gasteiger partial charge in [0.05, 0.1) is 0 Å². The summed E-state index contributed by atoms with van der Waals surface area (Å²) in [5.41, 5.74) is 20.5. The molecule has 6 aromatic carbocycles. The first-order valence-corrected chi connectivity index (χ1v) is 24.4. The van der Waals surface area contributed by atoms with Gasteiger partial charge in [-0.2, -0.15) is 0 Å². The molecule has 0 saturated carbocycles. The Hall–Kier alpha value is -5.24. The van der Waals surface area contributed by atoms with Crippen LogP contribution in [0.5, 0.6) is 0 Å². The van der Waals surface area contributed by atoms with Gasteiger partial charge in [0.2, 0.25) is 0 Å². The van der Waals surface area contributed by atoms with Crippen LogP contribution in [0.2, 0.25) is 0 Å². The zero-order valence-electron chi connectivity index (χ0n) is 36.7. The van der Waals surface area contributed by atoms with Gasteiger partial charge >= 0.3 is 0 Å². The number of fused-ring (bicyclic) bond motifs is 6. The number of benzene rings is 6. The molecule has 0 bridgehead atoms. The third kappa shape index (κ3) is 8.52. The molecule has 0 aliphatic heterocycles. The van der Waals surface area contributed by atoms with Gasteiger partial charge in [0.15, 0.2) is 0 Å². The Balaban J connectivity index is 1.14. The molecule has 1 heterocycles. The molecule has 0 unspecified atom stereocenters. The van der Waals surface area contributed by atoms with E-state index in [1.165, 1.54) is 172 Å². The Morgan fingerprint density at radius 3 is 1.30 bits per heavy atom. The second-order valence-corrected chi connectivity index (χ2v) is 19.2. The van der Waals surface area contributed by atoms with Gasteiger partial charge in [-0.3, -0.25) is 0 Å². The number of hydrogen-bond acceptors (Lipinski definition) is 1. The molecule has 0 radical (unpaired) electrons. The van der Waals surface area contributed by atoms with Crippen molar-refractivity contribution < 1.29 is 0 Å². The van der Waals surface area contributed by atoms with Gasteiger partial charge in [0.1, 0.15) is 0 Å². The summed E-state index contributed by atoms with van der Waals surface area (Å²) < 4.78 is 0. The van der Waals surface area contributed by atoms with Crippen molar-refractivity contribution in [3.05, 3.63) is 178 Å². The Labute approximate surface area is 370 Å². The van der Waals surface area contributed by atoms with E-state index < -0.39 is 0 Å². The summed E-state index contributed by atoms with van der Waals surface area (Å²) in [4.78, 5) is 2.65. The molecule has 0 fully saturated rings. The van der Waals surface area contributed by atoms with Crippen LogP contribution >= 0.6 is 11.3 Å². The van der Waals surface area contributed by atoms with Crippen LogP contribution in [0.3, 0.4) is 0 Å². The second-order valence-electron chi connectivity index (χ2n) is 17.9. The Bertz CT molecular complexity index is 2600. The Morgan fingerprint density at radius 1 is 0.393 bits per heavy atom. The first-order chi connectivity index (χ1) is 30.1. The number of aryl methyl sites for hydroxylation is 1. The minimum atomic E-state index is 0.00385. The van der Waals surface area contributed by atoms with Crippen molar-refractivity contribution in [2.75, 3.05) is 0 Å². The van der Waals surface area contributed by atoms with Crippen molar-refractivity contribution in [2.45, 2.75) is 116 Å². The molecule has 9 rings (SSSR count). The van der Waals surface area contributed by atoms with Gasteiger partial charge in [-0.1, -0.05) is 200 Å². The van der Waals surface area contributed by atoms with E-state index >= 15 is 0 Å². The molecule has 61 heavy (non-hydrogen) atoms. The van der Waals surface area contributed by atoms with Crippen molar-refractivity contribution in [3.8, 4) is 55.6 Å². The molecule has 0 nitrogen and oxygen atoms in total. The molecular formula is C60H62S. The van der Waals surface area contributed by atoms with E-state index in [-0.39, 0.29) is 5.41 Å². The minimum Gasteiger partial charge on any atom is -0.141 e. The molecular weight excluding hydrogens is 753 g/mol. The van der Waals surface area contributed by atoms with E-state index in [4.69, 9.17) is 0 Å². The van der Waals surface area contributed by atoms with Crippen LogP contribution in [-0.4, -0.2) is 0 Å². The lowest BCUT2D eigenvalue weighted by Gasteiger charge is -2.33. The van der Waals surface area contributed by atoms with Gasteiger partial charge in [-0.25, -0.2) is 0 Å². The molecule has 0 N–H and O–H groups in total. The Kier molecular flexibility index (Phi) is 12.7. The number of unbranched alkanes of at least 4 members (excludes halogenated alkanes) is 10. The van der Waals surface area contributed by atoms with E-state index in [1.807, 2.05) is 11.3 Å². The number of rotatable bonds is 18. The average molecular weight is 815 g/mol. The summed E-state index contributed by atoms with van der Waals surface area (Å²) in [6.07, 6.45) is 20.7. The lowest BCUT2D eigenvalue weighted by atomic mass is 9.70. The largest absolute Gasteiger partial charge is 0.141 e. The second kappa shape index (κ2) is 18.8. The first-order valence-electron chi connectivity index (χ1n) is 23.5. The number of thiophene rings is 1. The molecule has 2 aliphatic rings. The van der Waals surface area contributed by atoms with E-state index in [1.54, 1.807) is 11.1 Å². The fraction of sp³-hybridized carbons (Fsp3) is 0.300. The predicted octanol–water partition coefficient (Wildman–Crippen LogP) is 18.4. The van der Waals surface area contributed by atoms with E-state index in [2.05, 4.69) is 172 Å². The third-order valence-corrected chi connectivity index (χ3v) is 14.7. The van der Waals surface area contributed by atoms with Gasteiger partial charge in [-0.05, 0) is 146 Å². The summed E-state index contributed by atoms with van der Waals surface area (Å²) in [5.74, 6) is 0. The molecule has 0 saturated heterocycles. The average Bonchev–Trinajstić information content (AvgIpc) is 3.95. The molecule has 2 aliphatic carbocycles. The quantitative estimate of drug-likeness (QED) is 0.0757. The highest BCUT2D eigenvalue weighted by molar-refractivity contribution is 7.12. The van der Waals surface area contributed by atoms with Crippen LogP contribution in [0, 0.1) is 6.92 Å². The maximum absolute atomic E-state index is 2.63. The normalized spacial score (nSPS) is 13.9. The topological polar surface area (TPSA) is 0 Å². The Morgan fingerprint density at radius 2 is 0.820 bits per heavy atom. The standard InChI is InChI=1S/C60H62S/c1-4-6-8-10-12-20-36-60(37-21-13-11-9-7-5-2)58-40-48(45-24-18-15-19-25-45)29-34-53(58)54-35-30-49(41-59(54)60)47-28-33-52-51-32-27-46(44-22-16-14-17-23-44)38-55(51)57(56(52)39-47)42-50-31-26-43(3)61-50/h14-19,22-35,38-42H,4-13,20-21,36-37H2,1-3H3/b57-42-. The highest BCUT2D eigenvalue weighted by atomic mass is 32.1. The maximum Gasteiger partial charge on any atom is 0.0279 e. The van der Waals surface area contributed by atoms with Crippen molar-refractivity contribution in [3.63, 3.8) is 0 Å². The zero-order valence-corrected chi connectivity index (χ0v) is 37.6. The zero-order chi connectivity index (χ0) is 41.6. The molecule has 1 heteroatoms. The summed E-state index contributed by atoms with van der Waals surface area (Å²) in [6.45, 7) is 6.86. The lowest BCUT2D eigenvalue weighted by molar-refractivity contribution is 0.398. The van der Waals surface area contributed by atoms with Gasteiger partial charge in [0, 0.05) is 15.2 Å². The summed E-state index contributed by atoms with van der Waals surface area (Å²) in [6, 6.07) is 55.8. The maximum atomic E-state index is 2.63. The molecule has 7 aromatic rings. The first kappa shape index (κ1) is 41.1. The third-order valence-electron chi connectivity index (χ3n) is 13.8. The van der Waals surface area contributed by atoms with Gasteiger partial charge in [-0.15, -0.1) is 11.3 Å². The highest BCUT2D eigenvalue weighted by Crippen LogP contribution is 2.56. The van der Waals surface area contributed by atoms with Crippen LogP contribution in [0.1, 0.15) is 136 Å². The van der Waals surface area contributed by atoms with E-state index in [0.29, 0.717) is 0 Å². The van der Waals surface area contributed by atoms with Crippen LogP contribution < -0.4 is 0 Å². The number of hydrogen-bond donors (Lipinski definition) is 0. The van der Waals surface area contributed by atoms with Crippen LogP contribution in [0.25, 0.3) is 67.3 Å². The smallest absolute Gasteiger partial charge is 0.0279 e. The van der Waals surface area contributed by atoms with Gasteiger partial charge < -0.3 is 0 Å². The van der Waals surface area contributed by atoms with Crippen LogP contribution in [0.15, 0.2) is 146 Å². The molecule has 1 aromatic heterocycles.